The molecule has 4 aromatic carbocycles. The first-order valence-corrected chi connectivity index (χ1v) is 17.0. The van der Waals surface area contributed by atoms with E-state index in [-0.39, 0.29) is 68.9 Å². The Labute approximate surface area is 320 Å². The van der Waals surface area contributed by atoms with Crippen LogP contribution in [0.3, 0.4) is 0 Å². The molecule has 0 fully saturated rings. The van der Waals surface area contributed by atoms with Gasteiger partial charge in [-0.15, -0.1) is 12.1 Å². The van der Waals surface area contributed by atoms with Gasteiger partial charge in [0.15, 0.2) is 0 Å². The summed E-state index contributed by atoms with van der Waals surface area (Å²) in [6.07, 6.45) is 7.44. The van der Waals surface area contributed by atoms with Gasteiger partial charge in [0.05, 0.1) is 9.79 Å². The third kappa shape index (κ3) is 9.10. The van der Waals surface area contributed by atoms with Crippen molar-refractivity contribution >= 4 is 48.6 Å². The topological polar surface area (TPSA) is 121 Å². The Hall–Kier alpha value is -2.61. The molecular formula is C35H30N2Na2O6S2. The predicted octanol–water partition coefficient (Wildman–Crippen LogP) is 0.194. The second-order valence-corrected chi connectivity index (χ2v) is 12.8. The Morgan fingerprint density at radius 2 is 1.30 bits per heavy atom. The standard InChI is InChI=1S/C35H32N2O6S2.2Na/c1-3-36(28-10-6-5-7-11-28)29-18-14-26(15-19-29)35(33-12-8-9-13-34(33)45(41,42)43)27-16-20-30(21-17-27)37(4-2)31-22-24-32(25-23-31)44(38,39)40;;/h6-25H,3-4H2,1-2H3,(H,38,39,40)(H,41,42,43);;/q;2*+1/p-2. The van der Waals surface area contributed by atoms with Crippen LogP contribution in [0, 0.1) is 6.07 Å². The first-order valence-electron chi connectivity index (χ1n) is 14.2. The van der Waals surface area contributed by atoms with Crippen molar-refractivity contribution in [1.29, 1.82) is 0 Å². The van der Waals surface area contributed by atoms with Crippen LogP contribution in [0.15, 0.2) is 137 Å². The van der Waals surface area contributed by atoms with Gasteiger partial charge in [-0.05, 0) is 73.0 Å². The van der Waals surface area contributed by atoms with Crippen LogP contribution in [-0.4, -0.2) is 49.3 Å². The van der Waals surface area contributed by atoms with Crippen LogP contribution in [0.5, 0.6) is 0 Å². The van der Waals surface area contributed by atoms with E-state index in [1.165, 1.54) is 24.3 Å². The first-order chi connectivity index (χ1) is 21.5. The summed E-state index contributed by atoms with van der Waals surface area (Å²) < 4.78 is 73.1. The molecule has 0 amide bonds. The number of benzene rings is 4. The smallest absolute Gasteiger partial charge is 0.744 e. The van der Waals surface area contributed by atoms with Crippen molar-refractivity contribution in [2.75, 3.05) is 18.0 Å². The van der Waals surface area contributed by atoms with Crippen molar-refractivity contribution in [2.24, 2.45) is 0 Å². The van der Waals surface area contributed by atoms with Gasteiger partial charge in [-0.2, -0.15) is 22.8 Å². The Balaban J connectivity index is 0.00000300. The minimum atomic E-state index is -4.79. The van der Waals surface area contributed by atoms with Gasteiger partial charge in [0.25, 0.3) is 0 Å². The molecule has 0 radical (unpaired) electrons. The molecule has 0 spiro atoms. The van der Waals surface area contributed by atoms with E-state index in [2.05, 4.69) is 17.9 Å². The molecule has 0 aromatic heterocycles. The second-order valence-electron chi connectivity index (χ2n) is 10.1. The van der Waals surface area contributed by atoms with E-state index >= 15 is 0 Å². The quantitative estimate of drug-likeness (QED) is 0.107. The van der Waals surface area contributed by atoms with Crippen molar-refractivity contribution in [3.63, 3.8) is 0 Å². The minimum absolute atomic E-state index is 0. The molecule has 0 heterocycles. The molecule has 0 unspecified atom stereocenters. The number of anilines is 2. The summed E-state index contributed by atoms with van der Waals surface area (Å²) in [5, 5.41) is 0. The van der Waals surface area contributed by atoms with Crippen LogP contribution < -0.4 is 64.0 Å². The van der Waals surface area contributed by atoms with Crippen LogP contribution in [0.25, 0.3) is 5.57 Å². The molecule has 5 rings (SSSR count). The van der Waals surface area contributed by atoms with Crippen molar-refractivity contribution in [3.05, 3.63) is 144 Å². The molecule has 12 heteroatoms. The molecule has 0 bridgehead atoms. The molecule has 0 atom stereocenters. The SMILES string of the molecule is CCN(c1cc[c-]cc1)c1ccc(C(=C2C=CC(=[N+](CC)c3ccc(S(=O)(=O)[O-])cc3)C=C2)c2ccccc2S(=O)(=O)[O-])cc1.[Na+].[Na+]. The molecule has 0 saturated heterocycles. The van der Waals surface area contributed by atoms with Gasteiger partial charge in [0.1, 0.15) is 26.8 Å². The fourth-order valence-corrected chi connectivity index (χ4v) is 6.52. The van der Waals surface area contributed by atoms with Gasteiger partial charge in [-0.3, -0.25) is 0 Å². The van der Waals surface area contributed by atoms with Gasteiger partial charge in [-0.25, -0.2) is 16.8 Å². The van der Waals surface area contributed by atoms with E-state index in [1.54, 1.807) is 24.3 Å². The Morgan fingerprint density at radius 1 is 0.723 bits per heavy atom. The van der Waals surface area contributed by atoms with Gasteiger partial charge in [0.2, 0.25) is 11.4 Å². The average Bonchev–Trinajstić information content (AvgIpc) is 3.03. The number of allylic oxidation sites excluding steroid dienone is 5. The van der Waals surface area contributed by atoms with Crippen molar-refractivity contribution < 1.29 is 89.6 Å². The zero-order chi connectivity index (χ0) is 32.2. The Morgan fingerprint density at radius 3 is 1.83 bits per heavy atom. The Kier molecular flexibility index (Phi) is 13.8. The molecule has 47 heavy (non-hydrogen) atoms. The molecule has 8 nitrogen and oxygen atoms in total. The van der Waals surface area contributed by atoms with Crippen LogP contribution in [0.4, 0.5) is 17.1 Å². The fraction of sp³-hybridized carbons (Fsp3) is 0.114. The van der Waals surface area contributed by atoms with Gasteiger partial charge in [0, 0.05) is 42.1 Å². The van der Waals surface area contributed by atoms with E-state index in [0.717, 1.165) is 29.2 Å². The molecule has 1 aliphatic carbocycles. The van der Waals surface area contributed by atoms with E-state index in [1.807, 2.05) is 84.3 Å². The maximum absolute atomic E-state index is 12.3. The van der Waals surface area contributed by atoms with Gasteiger partial charge in [-0.1, -0.05) is 36.0 Å². The number of hydrogen-bond acceptors (Lipinski definition) is 7. The molecule has 230 valence electrons. The number of nitrogens with zero attached hydrogens (tertiary/aromatic N) is 2. The predicted molar refractivity (Wildman–Crippen MR) is 173 cm³/mol. The van der Waals surface area contributed by atoms with E-state index < -0.39 is 20.2 Å². The summed E-state index contributed by atoms with van der Waals surface area (Å²) >= 11 is 0. The first kappa shape index (κ1) is 38.8. The number of rotatable bonds is 9. The maximum atomic E-state index is 12.3. The van der Waals surface area contributed by atoms with Crippen LogP contribution >= 0.6 is 0 Å². The van der Waals surface area contributed by atoms with Gasteiger partial charge >= 0.3 is 59.1 Å². The molecule has 0 aliphatic heterocycles. The zero-order valence-corrected chi connectivity index (χ0v) is 32.3. The summed E-state index contributed by atoms with van der Waals surface area (Å²) in [4.78, 5) is 1.52. The zero-order valence-electron chi connectivity index (χ0n) is 26.6. The summed E-state index contributed by atoms with van der Waals surface area (Å²) in [5.74, 6) is 0. The maximum Gasteiger partial charge on any atom is 1.00 e. The summed E-state index contributed by atoms with van der Waals surface area (Å²) in [7, 11) is -9.35. The number of hydrogen-bond donors (Lipinski definition) is 0. The Bertz CT molecular complexity index is 2040. The molecule has 4 aromatic rings. The third-order valence-corrected chi connectivity index (χ3v) is 9.19. The van der Waals surface area contributed by atoms with Gasteiger partial charge < -0.3 is 14.0 Å². The van der Waals surface area contributed by atoms with E-state index in [4.69, 9.17) is 0 Å². The minimum Gasteiger partial charge on any atom is -0.744 e. The van der Waals surface area contributed by atoms with Crippen molar-refractivity contribution in [2.45, 2.75) is 23.6 Å². The normalized spacial score (nSPS) is 12.6. The second kappa shape index (κ2) is 16.7. The van der Waals surface area contributed by atoms with Crippen LogP contribution in [0.2, 0.25) is 0 Å². The van der Waals surface area contributed by atoms with Crippen molar-refractivity contribution in [1.82, 2.24) is 0 Å². The van der Waals surface area contributed by atoms with Crippen molar-refractivity contribution in [3.8, 4) is 0 Å². The molecular weight excluding hydrogens is 655 g/mol. The molecule has 1 aliphatic rings. The third-order valence-electron chi connectivity index (χ3n) is 7.44. The fourth-order valence-electron chi connectivity index (χ4n) is 5.36. The average molecular weight is 685 g/mol. The summed E-state index contributed by atoms with van der Waals surface area (Å²) in [6.45, 7) is 5.26. The molecule has 0 saturated carbocycles. The molecule has 0 N–H and O–H groups in total. The van der Waals surface area contributed by atoms with E-state index in [0.29, 0.717) is 28.9 Å². The monoisotopic (exact) mass is 684 g/mol. The largest absolute Gasteiger partial charge is 1.00 e. The van der Waals surface area contributed by atoms with Crippen LogP contribution in [0.1, 0.15) is 25.0 Å². The van der Waals surface area contributed by atoms with E-state index in [9.17, 15) is 25.9 Å². The summed E-state index contributed by atoms with van der Waals surface area (Å²) in [6, 6.07) is 30.3. The van der Waals surface area contributed by atoms with Crippen LogP contribution in [-0.2, 0) is 20.2 Å². The summed E-state index contributed by atoms with van der Waals surface area (Å²) in [5.41, 5.74) is 5.72.